The minimum absolute atomic E-state index is 0.0613. The summed E-state index contributed by atoms with van der Waals surface area (Å²) in [5, 5.41) is 13.1. The number of nitrogens with one attached hydrogen (secondary N) is 1. The van der Waals surface area contributed by atoms with Crippen LogP contribution in [0.2, 0.25) is 0 Å². The number of hydrogen-bond acceptors (Lipinski definition) is 5. The van der Waals surface area contributed by atoms with Gasteiger partial charge in [-0.05, 0) is 12.5 Å². The Kier molecular flexibility index (Phi) is 7.12. The van der Waals surface area contributed by atoms with Gasteiger partial charge in [-0.1, -0.05) is 30.3 Å². The Morgan fingerprint density at radius 3 is 2.76 bits per heavy atom. The lowest BCUT2D eigenvalue weighted by Gasteiger charge is -2.28. The van der Waals surface area contributed by atoms with Crippen LogP contribution in [0.15, 0.2) is 30.3 Å². The molecule has 0 saturated carbocycles. The molecule has 0 amide bonds. The number of morpholine rings is 1. The van der Waals surface area contributed by atoms with Crippen LogP contribution in [-0.2, 0) is 20.8 Å². The second kappa shape index (κ2) is 9.12. The van der Waals surface area contributed by atoms with Crippen LogP contribution in [0.5, 0.6) is 0 Å². The summed E-state index contributed by atoms with van der Waals surface area (Å²) in [6.07, 6.45) is -0.333. The van der Waals surface area contributed by atoms with E-state index in [-0.39, 0.29) is 25.4 Å². The molecule has 0 aromatic heterocycles. The number of aliphatic hydroxyl groups is 1. The fourth-order valence-electron chi connectivity index (χ4n) is 2.24. The van der Waals surface area contributed by atoms with Crippen LogP contribution in [0, 0.1) is 0 Å². The van der Waals surface area contributed by atoms with Crippen LogP contribution in [0.4, 0.5) is 0 Å². The summed E-state index contributed by atoms with van der Waals surface area (Å²) < 4.78 is 16.7. The van der Waals surface area contributed by atoms with Gasteiger partial charge in [0.05, 0.1) is 38.6 Å². The largest absolute Gasteiger partial charge is 0.388 e. The maximum atomic E-state index is 9.80. The molecule has 2 N–H and O–H groups in total. The summed E-state index contributed by atoms with van der Waals surface area (Å²) in [6.45, 7) is 5.25. The Morgan fingerprint density at radius 1 is 1.24 bits per heavy atom. The molecule has 3 unspecified atom stereocenters. The van der Waals surface area contributed by atoms with Crippen molar-refractivity contribution in [3.8, 4) is 0 Å². The zero-order chi connectivity index (χ0) is 14.9. The van der Waals surface area contributed by atoms with Gasteiger partial charge in [-0.3, -0.25) is 0 Å². The number of benzene rings is 1. The fourth-order valence-corrected chi connectivity index (χ4v) is 2.24. The molecule has 1 fully saturated rings. The van der Waals surface area contributed by atoms with Gasteiger partial charge in [0.1, 0.15) is 6.10 Å². The first-order chi connectivity index (χ1) is 10.2. The third kappa shape index (κ3) is 6.54. The van der Waals surface area contributed by atoms with Crippen LogP contribution in [-0.4, -0.2) is 56.3 Å². The van der Waals surface area contributed by atoms with Crippen molar-refractivity contribution in [2.24, 2.45) is 0 Å². The normalized spacial score (nSPS) is 23.9. The molecule has 1 saturated heterocycles. The summed E-state index contributed by atoms with van der Waals surface area (Å²) in [7, 11) is 0. The molecule has 0 aliphatic carbocycles. The van der Waals surface area contributed by atoms with Crippen molar-refractivity contribution < 1.29 is 19.3 Å². The van der Waals surface area contributed by atoms with Crippen molar-refractivity contribution in [2.45, 2.75) is 31.8 Å². The lowest BCUT2D eigenvalue weighted by Crippen LogP contribution is -2.45. The Labute approximate surface area is 126 Å². The summed E-state index contributed by atoms with van der Waals surface area (Å²) in [5.41, 5.74) is 1.10. The molecule has 1 heterocycles. The van der Waals surface area contributed by atoms with E-state index in [0.717, 1.165) is 18.7 Å². The highest BCUT2D eigenvalue weighted by atomic mass is 16.5. The fraction of sp³-hybridized carbons (Fsp3) is 0.625. The molecule has 0 radical (unpaired) electrons. The average Bonchev–Trinajstić information content (AvgIpc) is 2.48. The van der Waals surface area contributed by atoms with Gasteiger partial charge in [-0.25, -0.2) is 0 Å². The zero-order valence-corrected chi connectivity index (χ0v) is 12.5. The van der Waals surface area contributed by atoms with Gasteiger partial charge < -0.3 is 24.6 Å². The van der Waals surface area contributed by atoms with Gasteiger partial charge in [-0.15, -0.1) is 0 Å². The number of rotatable bonds is 8. The Hall–Kier alpha value is -0.980. The number of aliphatic hydroxyl groups excluding tert-OH is 1. The number of hydrogen-bond donors (Lipinski definition) is 2. The van der Waals surface area contributed by atoms with Crippen molar-refractivity contribution in [1.82, 2.24) is 5.32 Å². The average molecular weight is 295 g/mol. The third-order valence-corrected chi connectivity index (χ3v) is 3.26. The molecule has 3 atom stereocenters. The van der Waals surface area contributed by atoms with E-state index in [0.29, 0.717) is 13.2 Å². The quantitative estimate of drug-likeness (QED) is 0.748. The maximum Gasteiger partial charge on any atom is 0.101 e. The smallest absolute Gasteiger partial charge is 0.101 e. The van der Waals surface area contributed by atoms with Crippen molar-refractivity contribution in [1.29, 1.82) is 0 Å². The van der Waals surface area contributed by atoms with Gasteiger partial charge in [0.25, 0.3) is 0 Å². The van der Waals surface area contributed by atoms with Gasteiger partial charge in [0.2, 0.25) is 0 Å². The molecule has 1 aliphatic heterocycles. The van der Waals surface area contributed by atoms with Crippen LogP contribution in [0.25, 0.3) is 0 Å². The highest BCUT2D eigenvalue weighted by Crippen LogP contribution is 2.04. The van der Waals surface area contributed by atoms with Crippen LogP contribution in [0.1, 0.15) is 12.5 Å². The minimum Gasteiger partial charge on any atom is -0.388 e. The van der Waals surface area contributed by atoms with E-state index in [1.807, 2.05) is 37.3 Å². The molecule has 1 aromatic carbocycles. The summed E-state index contributed by atoms with van der Waals surface area (Å²) >= 11 is 0. The third-order valence-electron chi connectivity index (χ3n) is 3.26. The topological polar surface area (TPSA) is 60.0 Å². The first kappa shape index (κ1) is 16.4. The zero-order valence-electron chi connectivity index (χ0n) is 12.5. The summed E-state index contributed by atoms with van der Waals surface area (Å²) in [4.78, 5) is 0. The Bertz CT molecular complexity index is 387. The first-order valence-corrected chi connectivity index (χ1v) is 7.47. The monoisotopic (exact) mass is 295 g/mol. The van der Waals surface area contributed by atoms with Gasteiger partial charge in [0, 0.05) is 13.1 Å². The van der Waals surface area contributed by atoms with Crippen LogP contribution >= 0.6 is 0 Å². The van der Waals surface area contributed by atoms with E-state index in [9.17, 15) is 5.11 Å². The first-order valence-electron chi connectivity index (χ1n) is 7.47. The van der Waals surface area contributed by atoms with E-state index in [2.05, 4.69) is 5.32 Å². The lowest BCUT2D eigenvalue weighted by molar-refractivity contribution is -0.0871. The summed E-state index contributed by atoms with van der Waals surface area (Å²) in [6, 6.07) is 9.90. The minimum atomic E-state index is -0.609. The Morgan fingerprint density at radius 2 is 2.00 bits per heavy atom. The molecule has 21 heavy (non-hydrogen) atoms. The van der Waals surface area contributed by atoms with E-state index < -0.39 is 6.10 Å². The second-order valence-electron chi connectivity index (χ2n) is 5.42. The van der Waals surface area contributed by atoms with Crippen molar-refractivity contribution >= 4 is 0 Å². The van der Waals surface area contributed by atoms with Gasteiger partial charge >= 0.3 is 0 Å². The highest BCUT2D eigenvalue weighted by molar-refractivity contribution is 5.13. The molecule has 5 heteroatoms. The van der Waals surface area contributed by atoms with E-state index >= 15 is 0 Å². The maximum absolute atomic E-state index is 9.80. The predicted octanol–water partition coefficient (Wildman–Crippen LogP) is 0.958. The SMILES string of the molecule is CC1CNCC(COCC(O)COCc2ccccc2)O1. The van der Waals surface area contributed by atoms with Crippen LogP contribution in [0.3, 0.4) is 0 Å². The van der Waals surface area contributed by atoms with Crippen molar-refractivity contribution in [3.63, 3.8) is 0 Å². The summed E-state index contributed by atoms with van der Waals surface area (Å²) in [5.74, 6) is 0. The van der Waals surface area contributed by atoms with Gasteiger partial charge in [-0.2, -0.15) is 0 Å². The van der Waals surface area contributed by atoms with Crippen molar-refractivity contribution in [3.05, 3.63) is 35.9 Å². The van der Waals surface area contributed by atoms with E-state index in [4.69, 9.17) is 14.2 Å². The van der Waals surface area contributed by atoms with E-state index in [1.54, 1.807) is 0 Å². The van der Waals surface area contributed by atoms with E-state index in [1.165, 1.54) is 0 Å². The highest BCUT2D eigenvalue weighted by Gasteiger charge is 2.19. The molecule has 1 aliphatic rings. The molecule has 118 valence electrons. The van der Waals surface area contributed by atoms with Crippen LogP contribution < -0.4 is 5.32 Å². The lowest BCUT2D eigenvalue weighted by atomic mass is 10.2. The molecule has 0 spiro atoms. The molecular formula is C16H25NO4. The predicted molar refractivity (Wildman–Crippen MR) is 80.1 cm³/mol. The molecular weight excluding hydrogens is 270 g/mol. The standard InChI is InChI=1S/C16H25NO4/c1-13-7-17-8-16(21-13)12-20-11-15(18)10-19-9-14-5-3-2-4-6-14/h2-6,13,15-18H,7-12H2,1H3. The molecule has 5 nitrogen and oxygen atoms in total. The molecule has 2 rings (SSSR count). The number of ether oxygens (including phenoxy) is 3. The molecule has 0 bridgehead atoms. The second-order valence-corrected chi connectivity index (χ2v) is 5.42. The van der Waals surface area contributed by atoms with Crippen molar-refractivity contribution in [2.75, 3.05) is 32.9 Å². The molecule has 1 aromatic rings. The Balaban J connectivity index is 1.52. The van der Waals surface area contributed by atoms with Gasteiger partial charge in [0.15, 0.2) is 0 Å².